The van der Waals surface area contributed by atoms with Gasteiger partial charge in [-0.1, -0.05) is 0 Å². The molecule has 0 saturated heterocycles. The summed E-state index contributed by atoms with van der Waals surface area (Å²) in [5.41, 5.74) is 11.3. The number of carbonyl (C=O) groups excluding carboxylic acids is 4. The van der Waals surface area contributed by atoms with E-state index in [0.29, 0.717) is 5.69 Å². The van der Waals surface area contributed by atoms with E-state index >= 15 is 0 Å². The Labute approximate surface area is 177 Å². The smallest absolute Gasteiger partial charge is 0.326 e. The van der Waals surface area contributed by atoms with Gasteiger partial charge in [0.25, 0.3) is 0 Å². The number of aromatic nitrogens is 2. The van der Waals surface area contributed by atoms with Crippen LogP contribution in [0, 0.1) is 0 Å². The molecule has 31 heavy (non-hydrogen) atoms. The fourth-order valence-electron chi connectivity index (χ4n) is 2.46. The first-order valence-electron chi connectivity index (χ1n) is 9.30. The third-order valence-corrected chi connectivity index (χ3v) is 4.13. The van der Waals surface area contributed by atoms with Crippen LogP contribution in [0.5, 0.6) is 0 Å². The van der Waals surface area contributed by atoms with Gasteiger partial charge in [-0.25, -0.2) is 9.78 Å². The Morgan fingerprint density at radius 3 is 2.39 bits per heavy atom. The summed E-state index contributed by atoms with van der Waals surface area (Å²) in [5.74, 6) is -4.58. The van der Waals surface area contributed by atoms with Crippen LogP contribution in [0.2, 0.25) is 0 Å². The highest BCUT2D eigenvalue weighted by Gasteiger charge is 2.30. The number of aromatic amines is 1. The normalized spacial score (nSPS) is 14.5. The molecule has 14 nitrogen and oxygen atoms in total. The van der Waals surface area contributed by atoms with Crippen LogP contribution in [0.15, 0.2) is 12.5 Å². The van der Waals surface area contributed by atoms with Crippen LogP contribution in [-0.4, -0.2) is 80.6 Å². The van der Waals surface area contributed by atoms with Gasteiger partial charge in [0.1, 0.15) is 12.1 Å². The molecule has 0 aliphatic rings. The monoisotopic (exact) mass is 441 g/mol. The number of aliphatic hydroxyl groups excluding tert-OH is 1. The summed E-state index contributed by atoms with van der Waals surface area (Å²) >= 11 is 0. The van der Waals surface area contributed by atoms with Crippen LogP contribution < -0.4 is 27.4 Å². The highest BCUT2D eigenvalue weighted by atomic mass is 16.4. The summed E-state index contributed by atoms with van der Waals surface area (Å²) in [6.45, 7) is 0.679. The maximum atomic E-state index is 12.3. The third kappa shape index (κ3) is 9.22. The minimum Gasteiger partial charge on any atom is -0.480 e. The number of H-pyrrole nitrogens is 1. The molecule has 1 rings (SSSR count). The first-order chi connectivity index (χ1) is 14.5. The van der Waals surface area contributed by atoms with Gasteiger partial charge in [0, 0.05) is 24.7 Å². The Hall–Kier alpha value is -3.52. The summed E-state index contributed by atoms with van der Waals surface area (Å²) in [6.07, 6.45) is 1.16. The lowest BCUT2D eigenvalue weighted by molar-refractivity contribution is -0.143. The van der Waals surface area contributed by atoms with Crippen molar-refractivity contribution in [3.8, 4) is 0 Å². The van der Waals surface area contributed by atoms with Crippen LogP contribution in [0.4, 0.5) is 0 Å². The van der Waals surface area contributed by atoms with Crippen molar-refractivity contribution in [2.75, 3.05) is 6.54 Å². The average molecular weight is 441 g/mol. The number of rotatable bonds is 13. The van der Waals surface area contributed by atoms with E-state index in [1.54, 1.807) is 0 Å². The Kier molecular flexibility index (Phi) is 10.1. The van der Waals surface area contributed by atoms with Crippen molar-refractivity contribution in [2.24, 2.45) is 11.5 Å². The maximum absolute atomic E-state index is 12.3. The molecule has 0 bridgehead atoms. The molecule has 4 amide bonds. The summed E-state index contributed by atoms with van der Waals surface area (Å²) in [6, 6.07) is -3.90. The molecule has 0 fully saturated rings. The summed E-state index contributed by atoms with van der Waals surface area (Å²) in [7, 11) is 0. The summed E-state index contributed by atoms with van der Waals surface area (Å²) < 4.78 is 0. The van der Waals surface area contributed by atoms with Crippen LogP contribution >= 0.6 is 0 Å². The number of hydrogen-bond donors (Lipinski definition) is 8. The zero-order valence-corrected chi connectivity index (χ0v) is 16.8. The number of carboxylic acid groups (broad SMARTS) is 1. The van der Waals surface area contributed by atoms with Crippen molar-refractivity contribution in [3.63, 3.8) is 0 Å². The number of primary amides is 1. The molecule has 4 atom stereocenters. The Balaban J connectivity index is 2.58. The molecule has 0 aromatic carbocycles. The lowest BCUT2D eigenvalue weighted by Crippen LogP contribution is -2.57. The Morgan fingerprint density at radius 2 is 1.87 bits per heavy atom. The highest BCUT2D eigenvalue weighted by Crippen LogP contribution is 2.01. The predicted molar refractivity (Wildman–Crippen MR) is 105 cm³/mol. The minimum atomic E-state index is -1.50. The molecular weight excluding hydrogens is 414 g/mol. The zero-order valence-electron chi connectivity index (χ0n) is 16.8. The molecule has 0 aliphatic carbocycles. The second-order valence-corrected chi connectivity index (χ2v) is 6.80. The van der Waals surface area contributed by atoms with E-state index in [1.807, 2.05) is 0 Å². The van der Waals surface area contributed by atoms with Gasteiger partial charge in [-0.3, -0.25) is 19.2 Å². The number of imidazole rings is 1. The lowest BCUT2D eigenvalue weighted by Gasteiger charge is -2.23. The first kappa shape index (κ1) is 25.5. The molecule has 14 heteroatoms. The molecule has 1 heterocycles. The maximum Gasteiger partial charge on any atom is 0.326 e. The molecule has 10 N–H and O–H groups in total. The van der Waals surface area contributed by atoms with E-state index in [-0.39, 0.29) is 19.3 Å². The average Bonchev–Trinajstić information content (AvgIpc) is 3.19. The van der Waals surface area contributed by atoms with Gasteiger partial charge in [-0.05, 0) is 13.3 Å². The number of carbonyl (C=O) groups is 5. The number of aliphatic hydroxyl groups is 1. The van der Waals surface area contributed by atoms with E-state index in [2.05, 4.69) is 25.9 Å². The number of hydrogen-bond acceptors (Lipinski definition) is 8. The van der Waals surface area contributed by atoms with Crippen LogP contribution in [0.1, 0.15) is 25.5 Å². The van der Waals surface area contributed by atoms with Crippen LogP contribution in [0.25, 0.3) is 0 Å². The number of aliphatic carboxylic acids is 1. The number of amides is 4. The van der Waals surface area contributed by atoms with E-state index in [4.69, 9.17) is 16.6 Å². The Morgan fingerprint density at radius 1 is 1.19 bits per heavy atom. The van der Waals surface area contributed by atoms with Gasteiger partial charge in [0.2, 0.25) is 23.6 Å². The van der Waals surface area contributed by atoms with Gasteiger partial charge < -0.3 is 42.6 Å². The molecule has 4 unspecified atom stereocenters. The summed E-state index contributed by atoms with van der Waals surface area (Å²) in [4.78, 5) is 65.1. The SMILES string of the molecule is CC(O)C(NC(=O)CNC(=O)C(N)Cc1cnc[nH]1)C(=O)NC(CCC(N)=O)C(=O)O. The predicted octanol–water partition coefficient (Wildman–Crippen LogP) is -3.90. The summed E-state index contributed by atoms with van der Waals surface area (Å²) in [5, 5.41) is 25.6. The molecular formula is C17H27N7O7. The molecule has 1 aromatic heterocycles. The first-order valence-corrected chi connectivity index (χ1v) is 9.30. The minimum absolute atomic E-state index is 0.161. The van der Waals surface area contributed by atoms with Gasteiger partial charge in [0.15, 0.2) is 0 Å². The number of carboxylic acids is 1. The number of nitrogens with one attached hydrogen (secondary N) is 4. The quantitative estimate of drug-likeness (QED) is 0.149. The van der Waals surface area contributed by atoms with Crippen molar-refractivity contribution in [1.82, 2.24) is 25.9 Å². The molecule has 0 aliphatic heterocycles. The molecule has 0 saturated carbocycles. The number of nitrogens with zero attached hydrogens (tertiary/aromatic N) is 1. The van der Waals surface area contributed by atoms with Crippen molar-refractivity contribution >= 4 is 29.6 Å². The standard InChI is InChI=1S/C17H27N7O7/c1-8(25)14(16(29)23-11(17(30)31)2-3-12(19)26)24-13(27)6-21-15(28)10(18)4-9-5-20-7-22-9/h5,7-8,10-11,14,25H,2-4,6,18H2,1H3,(H2,19,26)(H,20,22)(H,21,28)(H,23,29)(H,24,27)(H,30,31). The zero-order chi connectivity index (χ0) is 23.6. The van der Waals surface area contributed by atoms with Crippen LogP contribution in [0.3, 0.4) is 0 Å². The fraction of sp³-hybridized carbons (Fsp3) is 0.529. The Bertz CT molecular complexity index is 782. The van der Waals surface area contributed by atoms with E-state index in [0.717, 1.165) is 0 Å². The van der Waals surface area contributed by atoms with E-state index in [1.165, 1.54) is 19.4 Å². The third-order valence-electron chi connectivity index (χ3n) is 4.13. The largest absolute Gasteiger partial charge is 0.480 e. The van der Waals surface area contributed by atoms with Gasteiger partial charge in [-0.15, -0.1) is 0 Å². The van der Waals surface area contributed by atoms with Gasteiger partial charge in [-0.2, -0.15) is 0 Å². The van der Waals surface area contributed by atoms with Crippen LogP contribution in [-0.2, 0) is 30.4 Å². The van der Waals surface area contributed by atoms with E-state index in [9.17, 15) is 29.1 Å². The van der Waals surface area contributed by atoms with Crippen molar-refractivity contribution in [3.05, 3.63) is 18.2 Å². The highest BCUT2D eigenvalue weighted by molar-refractivity contribution is 5.93. The fourth-order valence-corrected chi connectivity index (χ4v) is 2.46. The molecule has 172 valence electrons. The topological polar surface area (TPSA) is 243 Å². The van der Waals surface area contributed by atoms with Crippen molar-refractivity contribution in [1.29, 1.82) is 0 Å². The molecule has 1 aromatic rings. The molecule has 0 spiro atoms. The van der Waals surface area contributed by atoms with Crippen molar-refractivity contribution in [2.45, 2.75) is 50.4 Å². The van der Waals surface area contributed by atoms with Gasteiger partial charge in [0.05, 0.1) is 25.0 Å². The van der Waals surface area contributed by atoms with E-state index < -0.39 is 60.4 Å². The van der Waals surface area contributed by atoms with Gasteiger partial charge >= 0.3 is 5.97 Å². The second-order valence-electron chi connectivity index (χ2n) is 6.80. The van der Waals surface area contributed by atoms with Crippen molar-refractivity contribution < 1.29 is 34.2 Å². The lowest BCUT2D eigenvalue weighted by atomic mass is 10.1. The molecule has 0 radical (unpaired) electrons. The second kappa shape index (κ2) is 12.2. The number of nitrogens with two attached hydrogens (primary N) is 2.